The van der Waals surface area contributed by atoms with Crippen molar-refractivity contribution in [3.8, 4) is 0 Å². The van der Waals surface area contributed by atoms with E-state index >= 15 is 0 Å². The summed E-state index contributed by atoms with van der Waals surface area (Å²) in [5, 5.41) is 6.74. The number of anilines is 3. The number of nitrogens with zero attached hydrogens (tertiary/aromatic N) is 2. The fraction of sp³-hybridized carbons (Fsp3) is 0.476. The van der Waals surface area contributed by atoms with Crippen molar-refractivity contribution in [3.05, 3.63) is 41.6 Å². The third kappa shape index (κ3) is 5.42. The zero-order valence-corrected chi connectivity index (χ0v) is 16.1. The van der Waals surface area contributed by atoms with Crippen molar-refractivity contribution in [2.45, 2.75) is 58.4 Å². The molecule has 0 spiro atoms. The summed E-state index contributed by atoms with van der Waals surface area (Å²) in [6.45, 7) is 4.09. The normalized spacial score (nSPS) is 15.0. The predicted molar refractivity (Wildman–Crippen MR) is 108 cm³/mol. The zero-order valence-electron chi connectivity index (χ0n) is 16.1. The fourth-order valence-corrected chi connectivity index (χ4v) is 3.42. The van der Waals surface area contributed by atoms with E-state index in [-0.39, 0.29) is 5.97 Å². The lowest BCUT2D eigenvalue weighted by Crippen LogP contribution is -2.20. The molecule has 1 fully saturated rings. The molecule has 0 atom stereocenters. The molecule has 1 aliphatic rings. The largest absolute Gasteiger partial charge is 0.462 e. The summed E-state index contributed by atoms with van der Waals surface area (Å²) in [4.78, 5) is 21.3. The number of benzene rings is 1. The highest BCUT2D eigenvalue weighted by molar-refractivity contribution is 5.96. The van der Waals surface area contributed by atoms with Crippen molar-refractivity contribution in [1.82, 2.24) is 9.97 Å². The Hall–Kier alpha value is -2.63. The van der Waals surface area contributed by atoms with Crippen LogP contribution in [0.15, 0.2) is 30.3 Å². The van der Waals surface area contributed by atoms with Gasteiger partial charge in [-0.3, -0.25) is 0 Å². The fourth-order valence-electron chi connectivity index (χ4n) is 3.42. The lowest BCUT2D eigenvalue weighted by atomic mass is 10.1. The number of carbonyl (C=O) groups is 1. The number of aromatic nitrogens is 2. The van der Waals surface area contributed by atoms with Crippen molar-refractivity contribution in [2.75, 3.05) is 17.2 Å². The van der Waals surface area contributed by atoms with E-state index in [4.69, 9.17) is 4.74 Å². The van der Waals surface area contributed by atoms with Gasteiger partial charge in [0.05, 0.1) is 17.9 Å². The Morgan fingerprint density at radius 3 is 2.63 bits per heavy atom. The second-order valence-electron chi connectivity index (χ2n) is 6.94. The number of hydrogen-bond acceptors (Lipinski definition) is 6. The van der Waals surface area contributed by atoms with Gasteiger partial charge in [0.2, 0.25) is 5.95 Å². The van der Waals surface area contributed by atoms with Crippen LogP contribution in [0.2, 0.25) is 0 Å². The summed E-state index contributed by atoms with van der Waals surface area (Å²) in [6.07, 6.45) is 7.44. The Morgan fingerprint density at radius 2 is 1.89 bits per heavy atom. The van der Waals surface area contributed by atoms with Gasteiger partial charge in [-0.05, 0) is 38.8 Å². The molecule has 0 saturated heterocycles. The Morgan fingerprint density at radius 1 is 1.15 bits per heavy atom. The van der Waals surface area contributed by atoms with Crippen LogP contribution in [-0.4, -0.2) is 28.6 Å². The van der Waals surface area contributed by atoms with Crippen molar-refractivity contribution >= 4 is 23.4 Å². The van der Waals surface area contributed by atoms with Crippen LogP contribution in [0.4, 0.5) is 17.5 Å². The SMILES string of the molecule is CCOC(=O)c1ccccc1Nc1cc(C)nc(NC2CCCCCC2)n1. The first-order chi connectivity index (χ1) is 13.2. The van der Waals surface area contributed by atoms with Crippen LogP contribution < -0.4 is 10.6 Å². The first kappa shape index (κ1) is 19.1. The van der Waals surface area contributed by atoms with Gasteiger partial charge in [0.25, 0.3) is 0 Å². The highest BCUT2D eigenvalue weighted by Gasteiger charge is 2.15. The minimum absolute atomic E-state index is 0.342. The van der Waals surface area contributed by atoms with Crippen LogP contribution in [0, 0.1) is 6.92 Å². The predicted octanol–water partition coefficient (Wildman–Crippen LogP) is 4.84. The Labute approximate surface area is 160 Å². The van der Waals surface area contributed by atoms with Gasteiger partial charge < -0.3 is 15.4 Å². The maximum absolute atomic E-state index is 12.2. The van der Waals surface area contributed by atoms with Crippen LogP contribution in [0.1, 0.15) is 61.5 Å². The van der Waals surface area contributed by atoms with Crippen LogP contribution >= 0.6 is 0 Å². The number of nitrogens with one attached hydrogen (secondary N) is 2. The second-order valence-corrected chi connectivity index (χ2v) is 6.94. The average molecular weight is 368 g/mol. The van der Waals surface area contributed by atoms with E-state index < -0.39 is 0 Å². The van der Waals surface area contributed by atoms with Crippen molar-refractivity contribution in [1.29, 1.82) is 0 Å². The van der Waals surface area contributed by atoms with E-state index in [1.54, 1.807) is 13.0 Å². The lowest BCUT2D eigenvalue weighted by molar-refractivity contribution is 0.0527. The highest BCUT2D eigenvalue weighted by atomic mass is 16.5. The second kappa shape index (κ2) is 9.35. The quantitative estimate of drug-likeness (QED) is 0.561. The molecule has 0 bridgehead atoms. The molecule has 0 amide bonds. The number of aryl methyl sites for hydroxylation is 1. The number of carbonyl (C=O) groups excluding carboxylic acids is 1. The van der Waals surface area contributed by atoms with E-state index in [2.05, 4.69) is 20.6 Å². The summed E-state index contributed by atoms with van der Waals surface area (Å²) < 4.78 is 5.14. The summed E-state index contributed by atoms with van der Waals surface area (Å²) >= 11 is 0. The molecule has 2 aromatic rings. The molecule has 144 valence electrons. The number of esters is 1. The van der Waals surface area contributed by atoms with Crippen molar-refractivity contribution in [3.63, 3.8) is 0 Å². The lowest BCUT2D eigenvalue weighted by Gasteiger charge is -2.17. The molecule has 1 aliphatic carbocycles. The molecular formula is C21H28N4O2. The summed E-state index contributed by atoms with van der Waals surface area (Å²) in [5.41, 5.74) is 2.04. The first-order valence-corrected chi connectivity index (χ1v) is 9.81. The molecule has 2 N–H and O–H groups in total. The van der Waals surface area contributed by atoms with Gasteiger partial charge in [0, 0.05) is 17.8 Å². The van der Waals surface area contributed by atoms with Crippen LogP contribution in [0.5, 0.6) is 0 Å². The molecule has 1 aromatic carbocycles. The van der Waals surface area contributed by atoms with Crippen LogP contribution in [0.25, 0.3) is 0 Å². The molecule has 1 heterocycles. The van der Waals surface area contributed by atoms with Gasteiger partial charge in [0.15, 0.2) is 0 Å². The molecule has 1 saturated carbocycles. The smallest absolute Gasteiger partial charge is 0.340 e. The molecule has 0 aliphatic heterocycles. The number of ether oxygens (including phenoxy) is 1. The van der Waals surface area contributed by atoms with E-state index in [0.29, 0.717) is 35.7 Å². The third-order valence-electron chi connectivity index (χ3n) is 4.73. The molecule has 0 unspecified atom stereocenters. The average Bonchev–Trinajstić information content (AvgIpc) is 2.90. The Kier molecular flexibility index (Phi) is 6.63. The summed E-state index contributed by atoms with van der Waals surface area (Å²) in [7, 11) is 0. The van der Waals surface area contributed by atoms with Crippen molar-refractivity contribution in [2.24, 2.45) is 0 Å². The van der Waals surface area contributed by atoms with E-state index in [1.165, 1.54) is 25.7 Å². The minimum atomic E-state index is -0.344. The van der Waals surface area contributed by atoms with Gasteiger partial charge in [0.1, 0.15) is 5.82 Å². The zero-order chi connectivity index (χ0) is 19.1. The Bertz CT molecular complexity index is 771. The number of hydrogen-bond donors (Lipinski definition) is 2. The minimum Gasteiger partial charge on any atom is -0.462 e. The van der Waals surface area contributed by atoms with Gasteiger partial charge in [-0.25, -0.2) is 9.78 Å². The van der Waals surface area contributed by atoms with Crippen LogP contribution in [0.3, 0.4) is 0 Å². The van der Waals surface area contributed by atoms with Crippen LogP contribution in [-0.2, 0) is 4.74 Å². The maximum Gasteiger partial charge on any atom is 0.340 e. The third-order valence-corrected chi connectivity index (χ3v) is 4.73. The van der Waals surface area contributed by atoms with Gasteiger partial charge >= 0.3 is 5.97 Å². The molecule has 0 radical (unpaired) electrons. The number of para-hydroxylation sites is 1. The highest BCUT2D eigenvalue weighted by Crippen LogP contribution is 2.23. The van der Waals surface area contributed by atoms with Gasteiger partial charge in [-0.15, -0.1) is 0 Å². The Balaban J connectivity index is 1.78. The molecule has 1 aromatic heterocycles. The summed E-state index contributed by atoms with van der Waals surface area (Å²) in [6, 6.07) is 9.60. The van der Waals surface area contributed by atoms with E-state index in [0.717, 1.165) is 18.5 Å². The number of rotatable bonds is 6. The molecular weight excluding hydrogens is 340 g/mol. The molecule has 27 heavy (non-hydrogen) atoms. The van der Waals surface area contributed by atoms with E-state index in [9.17, 15) is 4.79 Å². The molecule has 6 heteroatoms. The maximum atomic E-state index is 12.2. The standard InChI is InChI=1S/C21H28N4O2/c1-3-27-20(26)17-12-8-9-13-18(17)24-19-14-15(2)22-21(25-19)23-16-10-6-4-5-7-11-16/h8-9,12-14,16H,3-7,10-11H2,1-2H3,(H2,22,23,24,25). The molecule has 6 nitrogen and oxygen atoms in total. The topological polar surface area (TPSA) is 76.1 Å². The molecule has 3 rings (SSSR count). The van der Waals surface area contributed by atoms with Gasteiger partial charge in [-0.2, -0.15) is 4.98 Å². The summed E-state index contributed by atoms with van der Waals surface area (Å²) in [5.74, 6) is 0.955. The first-order valence-electron chi connectivity index (χ1n) is 9.81. The van der Waals surface area contributed by atoms with Crippen molar-refractivity contribution < 1.29 is 9.53 Å². The van der Waals surface area contributed by atoms with E-state index in [1.807, 2.05) is 31.2 Å². The monoisotopic (exact) mass is 368 g/mol. The van der Waals surface area contributed by atoms with Gasteiger partial charge in [-0.1, -0.05) is 37.8 Å².